The molecule has 1 atom stereocenters. The van der Waals surface area contributed by atoms with E-state index in [0.29, 0.717) is 0 Å². The Labute approximate surface area is 103 Å². The van der Waals surface area contributed by atoms with Gasteiger partial charge < -0.3 is 5.73 Å². The molecular formula is C14H18ClN. The highest BCUT2D eigenvalue weighted by atomic mass is 35.5. The van der Waals surface area contributed by atoms with E-state index in [9.17, 15) is 0 Å². The predicted octanol–water partition coefficient (Wildman–Crippen LogP) is 3.48. The summed E-state index contributed by atoms with van der Waals surface area (Å²) in [7, 11) is 0. The van der Waals surface area contributed by atoms with Crippen LogP contribution in [-0.4, -0.2) is 5.54 Å². The molecule has 0 spiro atoms. The van der Waals surface area contributed by atoms with Crippen molar-refractivity contribution >= 4 is 18.0 Å². The third-order valence-electron chi connectivity index (χ3n) is 2.99. The van der Waals surface area contributed by atoms with Gasteiger partial charge in [-0.3, -0.25) is 0 Å². The van der Waals surface area contributed by atoms with Gasteiger partial charge in [0.2, 0.25) is 0 Å². The van der Waals surface area contributed by atoms with Crippen molar-refractivity contribution in [2.45, 2.75) is 25.8 Å². The molecule has 0 saturated heterocycles. The first-order valence-corrected chi connectivity index (χ1v) is 5.33. The molecule has 0 saturated carbocycles. The number of nitrogens with two attached hydrogens (primary N) is 1. The zero-order valence-electron chi connectivity index (χ0n) is 9.73. The first kappa shape index (κ1) is 13.0. The average molecular weight is 236 g/mol. The summed E-state index contributed by atoms with van der Waals surface area (Å²) in [4.78, 5) is 0. The van der Waals surface area contributed by atoms with E-state index in [1.165, 1.54) is 16.7 Å². The SMILES string of the molecule is Cc1ccccc1C1=CC=CCC1(C)N.Cl. The molecule has 16 heavy (non-hydrogen) atoms. The molecule has 0 heterocycles. The molecule has 1 aliphatic carbocycles. The quantitative estimate of drug-likeness (QED) is 0.793. The molecule has 0 aromatic heterocycles. The topological polar surface area (TPSA) is 26.0 Å². The van der Waals surface area contributed by atoms with Gasteiger partial charge in [0.1, 0.15) is 0 Å². The Kier molecular flexibility index (Phi) is 3.95. The first-order chi connectivity index (χ1) is 7.11. The van der Waals surface area contributed by atoms with Gasteiger partial charge in [-0.1, -0.05) is 42.5 Å². The second-order valence-electron chi connectivity index (χ2n) is 4.45. The molecular weight excluding hydrogens is 218 g/mol. The van der Waals surface area contributed by atoms with Crippen molar-refractivity contribution in [1.82, 2.24) is 0 Å². The lowest BCUT2D eigenvalue weighted by atomic mass is 9.80. The smallest absolute Gasteiger partial charge is 0.0422 e. The highest BCUT2D eigenvalue weighted by molar-refractivity contribution is 5.85. The Bertz CT molecular complexity index is 430. The summed E-state index contributed by atoms with van der Waals surface area (Å²) in [5, 5.41) is 0. The van der Waals surface area contributed by atoms with Crippen LogP contribution in [0.2, 0.25) is 0 Å². The minimum atomic E-state index is -0.235. The van der Waals surface area contributed by atoms with Crippen LogP contribution >= 0.6 is 12.4 Å². The summed E-state index contributed by atoms with van der Waals surface area (Å²) < 4.78 is 0. The Morgan fingerprint density at radius 3 is 2.56 bits per heavy atom. The highest BCUT2D eigenvalue weighted by Crippen LogP contribution is 2.32. The minimum Gasteiger partial charge on any atom is -0.321 e. The van der Waals surface area contributed by atoms with Crippen LogP contribution in [0.4, 0.5) is 0 Å². The zero-order chi connectivity index (χ0) is 10.9. The number of rotatable bonds is 1. The molecule has 1 aromatic carbocycles. The number of benzene rings is 1. The molecule has 1 aliphatic rings. The fourth-order valence-electron chi connectivity index (χ4n) is 2.05. The molecule has 2 rings (SSSR count). The van der Waals surface area contributed by atoms with E-state index in [0.717, 1.165) is 6.42 Å². The van der Waals surface area contributed by atoms with Crippen LogP contribution in [-0.2, 0) is 0 Å². The lowest BCUT2D eigenvalue weighted by molar-refractivity contribution is 0.609. The maximum atomic E-state index is 6.30. The van der Waals surface area contributed by atoms with Gasteiger partial charge in [0.25, 0.3) is 0 Å². The normalized spacial score (nSPS) is 23.6. The molecule has 2 heteroatoms. The predicted molar refractivity (Wildman–Crippen MR) is 72.8 cm³/mol. The van der Waals surface area contributed by atoms with Crippen molar-refractivity contribution in [1.29, 1.82) is 0 Å². The van der Waals surface area contributed by atoms with Gasteiger partial charge in [-0.05, 0) is 37.0 Å². The molecule has 0 aliphatic heterocycles. The summed E-state index contributed by atoms with van der Waals surface area (Å²) in [6.07, 6.45) is 7.26. The maximum absolute atomic E-state index is 6.30. The lowest BCUT2D eigenvalue weighted by Gasteiger charge is -2.30. The van der Waals surface area contributed by atoms with Crippen molar-refractivity contribution in [2.75, 3.05) is 0 Å². The second kappa shape index (κ2) is 4.86. The Morgan fingerprint density at radius 1 is 1.25 bits per heavy atom. The fourth-order valence-corrected chi connectivity index (χ4v) is 2.05. The van der Waals surface area contributed by atoms with Crippen LogP contribution in [0.5, 0.6) is 0 Å². The van der Waals surface area contributed by atoms with E-state index in [-0.39, 0.29) is 17.9 Å². The van der Waals surface area contributed by atoms with Crippen molar-refractivity contribution in [3.63, 3.8) is 0 Å². The monoisotopic (exact) mass is 235 g/mol. The third-order valence-corrected chi connectivity index (χ3v) is 2.99. The number of allylic oxidation sites excluding steroid dienone is 2. The summed E-state index contributed by atoms with van der Waals surface area (Å²) in [6.45, 7) is 4.22. The van der Waals surface area contributed by atoms with E-state index in [1.54, 1.807) is 0 Å². The van der Waals surface area contributed by atoms with Crippen molar-refractivity contribution in [3.8, 4) is 0 Å². The number of hydrogen-bond donors (Lipinski definition) is 1. The van der Waals surface area contributed by atoms with Crippen LogP contribution in [0.1, 0.15) is 24.5 Å². The van der Waals surface area contributed by atoms with Gasteiger partial charge in [-0.25, -0.2) is 0 Å². The van der Waals surface area contributed by atoms with Crippen molar-refractivity contribution < 1.29 is 0 Å². The highest BCUT2D eigenvalue weighted by Gasteiger charge is 2.25. The number of hydrogen-bond acceptors (Lipinski definition) is 1. The molecule has 86 valence electrons. The molecule has 2 N–H and O–H groups in total. The Hall–Kier alpha value is -1.05. The van der Waals surface area contributed by atoms with E-state index in [1.807, 2.05) is 0 Å². The van der Waals surface area contributed by atoms with Gasteiger partial charge in [0, 0.05) is 5.54 Å². The summed E-state index contributed by atoms with van der Waals surface area (Å²) >= 11 is 0. The van der Waals surface area contributed by atoms with E-state index in [4.69, 9.17) is 5.73 Å². The van der Waals surface area contributed by atoms with Crippen LogP contribution < -0.4 is 5.73 Å². The van der Waals surface area contributed by atoms with Gasteiger partial charge >= 0.3 is 0 Å². The molecule has 0 fully saturated rings. The molecule has 1 unspecified atom stereocenters. The average Bonchev–Trinajstić information content (AvgIpc) is 2.19. The van der Waals surface area contributed by atoms with Gasteiger partial charge in [0.05, 0.1) is 0 Å². The minimum absolute atomic E-state index is 0. The van der Waals surface area contributed by atoms with Crippen molar-refractivity contribution in [3.05, 3.63) is 53.6 Å². The first-order valence-electron chi connectivity index (χ1n) is 5.33. The number of aryl methyl sites for hydroxylation is 1. The maximum Gasteiger partial charge on any atom is 0.0422 e. The molecule has 1 nitrogen and oxygen atoms in total. The van der Waals surface area contributed by atoms with E-state index >= 15 is 0 Å². The Balaban J connectivity index is 0.00000128. The van der Waals surface area contributed by atoms with E-state index < -0.39 is 0 Å². The van der Waals surface area contributed by atoms with Crippen molar-refractivity contribution in [2.24, 2.45) is 5.73 Å². The van der Waals surface area contributed by atoms with Crippen LogP contribution in [0.25, 0.3) is 5.57 Å². The lowest BCUT2D eigenvalue weighted by Crippen LogP contribution is -2.38. The molecule has 0 radical (unpaired) electrons. The van der Waals surface area contributed by atoms with Crippen LogP contribution in [0.3, 0.4) is 0 Å². The largest absolute Gasteiger partial charge is 0.321 e. The summed E-state index contributed by atoms with van der Waals surface area (Å²) in [5.74, 6) is 0. The van der Waals surface area contributed by atoms with Gasteiger partial charge in [-0.2, -0.15) is 0 Å². The summed E-state index contributed by atoms with van der Waals surface area (Å²) in [6, 6.07) is 8.40. The fraction of sp³-hybridized carbons (Fsp3) is 0.286. The van der Waals surface area contributed by atoms with Crippen LogP contribution in [0.15, 0.2) is 42.5 Å². The second-order valence-corrected chi connectivity index (χ2v) is 4.45. The zero-order valence-corrected chi connectivity index (χ0v) is 10.6. The van der Waals surface area contributed by atoms with Gasteiger partial charge in [0.15, 0.2) is 0 Å². The van der Waals surface area contributed by atoms with Gasteiger partial charge in [-0.15, -0.1) is 12.4 Å². The Morgan fingerprint density at radius 2 is 1.94 bits per heavy atom. The summed E-state index contributed by atoms with van der Waals surface area (Å²) in [5.41, 5.74) is 9.87. The molecule has 1 aromatic rings. The van der Waals surface area contributed by atoms with E-state index in [2.05, 4.69) is 56.3 Å². The van der Waals surface area contributed by atoms with Crippen LogP contribution in [0, 0.1) is 6.92 Å². The molecule has 0 bridgehead atoms. The number of halogens is 1. The molecule has 0 amide bonds. The third kappa shape index (κ3) is 2.37. The standard InChI is InChI=1S/C14H17N.ClH/c1-11-7-3-4-8-12(11)13-9-5-6-10-14(13,2)15;/h3-9H,10,15H2,1-2H3;1H.